The Labute approximate surface area is 167 Å². The topological polar surface area (TPSA) is 75.3 Å². The highest BCUT2D eigenvalue weighted by Crippen LogP contribution is 2.33. The molecule has 1 aromatic carbocycles. The predicted octanol–water partition coefficient (Wildman–Crippen LogP) is 3.83. The van der Waals surface area contributed by atoms with E-state index in [4.69, 9.17) is 0 Å². The summed E-state index contributed by atoms with van der Waals surface area (Å²) in [6.07, 6.45) is 4.24. The Morgan fingerprint density at radius 3 is 2.61 bits per heavy atom. The average Bonchev–Trinajstić information content (AvgIpc) is 3.14. The second-order valence-electron chi connectivity index (χ2n) is 7.01. The van der Waals surface area contributed by atoms with Crippen molar-refractivity contribution in [3.05, 3.63) is 57.0 Å². The van der Waals surface area contributed by atoms with Crippen molar-refractivity contribution in [2.45, 2.75) is 45.4 Å². The van der Waals surface area contributed by atoms with Gasteiger partial charge in [0.25, 0.3) is 5.91 Å². The molecule has 0 bridgehead atoms. The molecule has 0 aliphatic heterocycles. The number of benzene rings is 1. The number of hydrazine groups is 1. The van der Waals surface area contributed by atoms with E-state index in [0.717, 1.165) is 25.7 Å². The zero-order chi connectivity index (χ0) is 20.1. The fraction of sp³-hybridized carbons (Fsp3) is 0.381. The van der Waals surface area contributed by atoms with Crippen LogP contribution in [0.1, 0.15) is 63.1 Å². The van der Waals surface area contributed by atoms with Crippen LogP contribution >= 0.6 is 11.3 Å². The monoisotopic (exact) mass is 402 g/mol. The lowest BCUT2D eigenvalue weighted by molar-refractivity contribution is -0.121. The van der Waals surface area contributed by atoms with Gasteiger partial charge in [-0.3, -0.25) is 25.2 Å². The van der Waals surface area contributed by atoms with Gasteiger partial charge >= 0.3 is 0 Å². The summed E-state index contributed by atoms with van der Waals surface area (Å²) in [7, 11) is 0. The number of amides is 2. The van der Waals surface area contributed by atoms with Gasteiger partial charge in [-0.25, -0.2) is 4.39 Å². The fourth-order valence-electron chi connectivity index (χ4n) is 3.32. The molecule has 1 aromatic heterocycles. The lowest BCUT2D eigenvalue weighted by Gasteiger charge is -2.19. The van der Waals surface area contributed by atoms with E-state index < -0.39 is 11.7 Å². The molecule has 1 atom stereocenters. The molecule has 0 unspecified atom stereocenters. The van der Waals surface area contributed by atoms with Gasteiger partial charge in [0.1, 0.15) is 5.82 Å². The second-order valence-corrected chi connectivity index (χ2v) is 8.15. The summed E-state index contributed by atoms with van der Waals surface area (Å²) in [5.74, 6) is -0.784. The quantitative estimate of drug-likeness (QED) is 0.570. The third kappa shape index (κ3) is 5.04. The zero-order valence-corrected chi connectivity index (χ0v) is 16.5. The normalized spacial score (nSPS) is 15.6. The minimum atomic E-state index is -0.448. The van der Waals surface area contributed by atoms with Crippen molar-refractivity contribution in [1.29, 1.82) is 0 Å². The van der Waals surface area contributed by atoms with Crippen LogP contribution in [-0.4, -0.2) is 17.6 Å². The van der Waals surface area contributed by atoms with Gasteiger partial charge in [0.15, 0.2) is 5.78 Å². The van der Waals surface area contributed by atoms with Crippen LogP contribution in [0.4, 0.5) is 4.39 Å². The number of aryl methyl sites for hydroxylation is 1. The lowest BCUT2D eigenvalue weighted by atomic mass is 9.87. The summed E-state index contributed by atoms with van der Waals surface area (Å²) in [4.78, 5) is 38.0. The number of Topliss-reactive ketones (excluding diaryl/α,β-unsaturated/α-hetero) is 1. The van der Waals surface area contributed by atoms with Crippen molar-refractivity contribution >= 4 is 28.9 Å². The van der Waals surface area contributed by atoms with Gasteiger partial charge in [0.2, 0.25) is 5.91 Å². The van der Waals surface area contributed by atoms with Crippen molar-refractivity contribution in [3.63, 3.8) is 0 Å². The summed E-state index contributed by atoms with van der Waals surface area (Å²) in [5, 5.41) is 0. The molecule has 5 nitrogen and oxygen atoms in total. The third-order valence-electron chi connectivity index (χ3n) is 5.05. The molecule has 0 fully saturated rings. The van der Waals surface area contributed by atoms with Gasteiger partial charge in [-0.15, -0.1) is 11.3 Å². The highest BCUT2D eigenvalue weighted by Gasteiger charge is 2.22. The summed E-state index contributed by atoms with van der Waals surface area (Å²) < 4.78 is 12.9. The van der Waals surface area contributed by atoms with E-state index in [2.05, 4.69) is 17.8 Å². The van der Waals surface area contributed by atoms with Gasteiger partial charge in [0.05, 0.1) is 4.88 Å². The molecule has 0 radical (unpaired) electrons. The first-order valence-electron chi connectivity index (χ1n) is 9.45. The van der Waals surface area contributed by atoms with E-state index in [1.54, 1.807) is 0 Å². The Bertz CT molecular complexity index is 876. The minimum absolute atomic E-state index is 0.0148. The highest BCUT2D eigenvalue weighted by molar-refractivity contribution is 7.14. The minimum Gasteiger partial charge on any atom is -0.294 e. The number of nitrogens with one attached hydrogen (secondary N) is 2. The molecule has 2 aromatic rings. The van der Waals surface area contributed by atoms with Crippen LogP contribution in [0.3, 0.4) is 0 Å². The molecule has 2 N–H and O–H groups in total. The van der Waals surface area contributed by atoms with E-state index in [0.29, 0.717) is 16.4 Å². The van der Waals surface area contributed by atoms with E-state index >= 15 is 0 Å². The van der Waals surface area contributed by atoms with E-state index in [-0.39, 0.29) is 24.5 Å². The number of carbonyl (C=O) groups is 3. The Morgan fingerprint density at radius 2 is 1.89 bits per heavy atom. The van der Waals surface area contributed by atoms with Crippen molar-refractivity contribution in [2.75, 3.05) is 0 Å². The lowest BCUT2D eigenvalue weighted by Crippen LogP contribution is -2.41. The van der Waals surface area contributed by atoms with Crippen LogP contribution in [0.25, 0.3) is 0 Å². The van der Waals surface area contributed by atoms with E-state index in [9.17, 15) is 18.8 Å². The van der Waals surface area contributed by atoms with Crippen LogP contribution in [0.2, 0.25) is 0 Å². The maximum Gasteiger partial charge on any atom is 0.279 e. The predicted molar refractivity (Wildman–Crippen MR) is 106 cm³/mol. The third-order valence-corrected chi connectivity index (χ3v) is 6.28. The van der Waals surface area contributed by atoms with Crippen LogP contribution in [0, 0.1) is 11.7 Å². The smallest absolute Gasteiger partial charge is 0.279 e. The number of halogens is 1. The first kappa shape index (κ1) is 20.2. The Morgan fingerprint density at radius 1 is 1.14 bits per heavy atom. The average molecular weight is 402 g/mol. The molecule has 148 valence electrons. The largest absolute Gasteiger partial charge is 0.294 e. The summed E-state index contributed by atoms with van der Waals surface area (Å²) in [6.45, 7) is 2.19. The van der Waals surface area contributed by atoms with Gasteiger partial charge in [-0.2, -0.15) is 0 Å². The number of carbonyl (C=O) groups excluding carboxylic acids is 3. The number of rotatable bonds is 6. The van der Waals surface area contributed by atoms with Crippen molar-refractivity contribution < 1.29 is 18.8 Å². The van der Waals surface area contributed by atoms with Crippen molar-refractivity contribution in [3.8, 4) is 0 Å². The second kappa shape index (κ2) is 9.10. The molecule has 1 heterocycles. The van der Waals surface area contributed by atoms with E-state index in [1.165, 1.54) is 46.0 Å². The zero-order valence-electron chi connectivity index (χ0n) is 15.7. The number of hydrogen-bond donors (Lipinski definition) is 2. The molecule has 1 aliphatic carbocycles. The molecule has 7 heteroatoms. The van der Waals surface area contributed by atoms with Crippen LogP contribution in [0.5, 0.6) is 0 Å². The molecule has 1 aliphatic rings. The molecule has 0 spiro atoms. The summed E-state index contributed by atoms with van der Waals surface area (Å²) in [6, 6.07) is 7.10. The number of ketones is 1. The summed E-state index contributed by atoms with van der Waals surface area (Å²) in [5.41, 5.74) is 6.36. The molecule has 0 saturated heterocycles. The maximum absolute atomic E-state index is 12.9. The standard InChI is InChI=1S/C21H23FN2O3S/c1-2-13-3-9-18-15(11-13)12-19(28-18)21(27)24-23-20(26)10-8-17(25)14-4-6-16(22)7-5-14/h4-7,12-13H,2-3,8-11H2,1H3,(H,23,26)(H,24,27)/t13-/m1/s1. The maximum atomic E-state index is 12.9. The van der Waals surface area contributed by atoms with Crippen LogP contribution in [-0.2, 0) is 17.6 Å². The van der Waals surface area contributed by atoms with Crippen molar-refractivity contribution in [1.82, 2.24) is 10.9 Å². The van der Waals surface area contributed by atoms with Gasteiger partial charge < -0.3 is 0 Å². The van der Waals surface area contributed by atoms with Crippen LogP contribution in [0.15, 0.2) is 30.3 Å². The molecular weight excluding hydrogens is 379 g/mol. The molecule has 0 saturated carbocycles. The van der Waals surface area contributed by atoms with Crippen molar-refractivity contribution in [2.24, 2.45) is 5.92 Å². The first-order chi connectivity index (χ1) is 13.5. The Kier molecular flexibility index (Phi) is 6.57. The van der Waals surface area contributed by atoms with Gasteiger partial charge in [0, 0.05) is 23.3 Å². The Balaban J connectivity index is 1.45. The molecule has 2 amide bonds. The first-order valence-corrected chi connectivity index (χ1v) is 10.3. The van der Waals surface area contributed by atoms with E-state index in [1.807, 2.05) is 6.07 Å². The van der Waals surface area contributed by atoms with Gasteiger partial charge in [-0.1, -0.05) is 13.3 Å². The number of thiophene rings is 1. The van der Waals surface area contributed by atoms with Gasteiger partial charge in [-0.05, 0) is 61.1 Å². The summed E-state index contributed by atoms with van der Waals surface area (Å²) >= 11 is 1.48. The number of hydrogen-bond acceptors (Lipinski definition) is 4. The highest BCUT2D eigenvalue weighted by atomic mass is 32.1. The SMILES string of the molecule is CC[C@@H]1CCc2sc(C(=O)NNC(=O)CCC(=O)c3ccc(F)cc3)cc2C1. The Hall–Kier alpha value is -2.54. The molecule has 3 rings (SSSR count). The number of fused-ring (bicyclic) bond motifs is 1. The molecule has 28 heavy (non-hydrogen) atoms. The van der Waals surface area contributed by atoms with Crippen LogP contribution < -0.4 is 10.9 Å². The molecular formula is C21H23FN2O3S. The fourth-order valence-corrected chi connectivity index (χ4v) is 4.42.